The number of ether oxygens (including phenoxy) is 1. The average molecular weight is 238 g/mol. The predicted octanol–water partition coefficient (Wildman–Crippen LogP) is 3.21. The van der Waals surface area contributed by atoms with E-state index in [0.29, 0.717) is 0 Å². The second kappa shape index (κ2) is 6.73. The molecule has 0 radical (unpaired) electrons. The highest BCUT2D eigenvalue weighted by Gasteiger charge is 2.14. The number of hydrogen-bond acceptors (Lipinski definition) is 4. The summed E-state index contributed by atoms with van der Waals surface area (Å²) in [7, 11) is 1.43. The molecule has 0 aromatic heterocycles. The fourth-order valence-electron chi connectivity index (χ4n) is 1.55. The number of unbranched alkanes of at least 4 members (excludes halogenated alkanes) is 2. The molecule has 94 valence electrons. The maximum Gasteiger partial charge on any atom is 0.311 e. The van der Waals surface area contributed by atoms with Crippen molar-refractivity contribution < 1.29 is 9.66 Å². The molecule has 0 heterocycles. The summed E-state index contributed by atoms with van der Waals surface area (Å²) >= 11 is 0. The van der Waals surface area contributed by atoms with Gasteiger partial charge in [0.15, 0.2) is 5.75 Å². The molecule has 17 heavy (non-hydrogen) atoms. The Morgan fingerprint density at radius 2 is 2.18 bits per heavy atom. The Hall–Kier alpha value is -1.78. The molecule has 5 heteroatoms. The van der Waals surface area contributed by atoms with E-state index in [4.69, 9.17) is 4.74 Å². The summed E-state index contributed by atoms with van der Waals surface area (Å²) in [4.78, 5) is 10.3. The van der Waals surface area contributed by atoms with E-state index in [1.165, 1.54) is 26.0 Å². The minimum absolute atomic E-state index is 0.00777. The van der Waals surface area contributed by atoms with Crippen molar-refractivity contribution in [2.24, 2.45) is 0 Å². The molecule has 0 aliphatic heterocycles. The Balaban J connectivity index is 2.66. The molecule has 1 N–H and O–H groups in total. The van der Waals surface area contributed by atoms with Gasteiger partial charge in [0.1, 0.15) is 0 Å². The summed E-state index contributed by atoms with van der Waals surface area (Å²) in [5, 5.41) is 13.9. The highest BCUT2D eigenvalue weighted by molar-refractivity contribution is 5.57. The first kappa shape index (κ1) is 13.3. The first-order valence-corrected chi connectivity index (χ1v) is 5.75. The van der Waals surface area contributed by atoms with Crippen LogP contribution in [0.2, 0.25) is 0 Å². The molecule has 0 aliphatic carbocycles. The van der Waals surface area contributed by atoms with Gasteiger partial charge in [-0.05, 0) is 12.5 Å². The molecule has 1 rings (SSSR count). The number of nitro groups is 1. The van der Waals surface area contributed by atoms with Gasteiger partial charge in [0.05, 0.1) is 12.0 Å². The van der Waals surface area contributed by atoms with Gasteiger partial charge in [-0.1, -0.05) is 19.8 Å². The van der Waals surface area contributed by atoms with Gasteiger partial charge in [0, 0.05) is 24.4 Å². The molecule has 1 aromatic rings. The number of hydrogen-bond donors (Lipinski definition) is 1. The Kier molecular flexibility index (Phi) is 5.26. The summed E-state index contributed by atoms with van der Waals surface area (Å²) in [5.41, 5.74) is 0.843. The second-order valence-electron chi connectivity index (χ2n) is 3.78. The van der Waals surface area contributed by atoms with Crippen molar-refractivity contribution in [1.82, 2.24) is 0 Å². The molecule has 0 atom stereocenters. The van der Waals surface area contributed by atoms with E-state index < -0.39 is 4.92 Å². The zero-order valence-electron chi connectivity index (χ0n) is 10.2. The van der Waals surface area contributed by atoms with Crippen LogP contribution < -0.4 is 10.1 Å². The summed E-state index contributed by atoms with van der Waals surface area (Å²) in [5.74, 6) is 0.287. The summed E-state index contributed by atoms with van der Waals surface area (Å²) in [6.07, 6.45) is 3.44. The predicted molar refractivity (Wildman–Crippen MR) is 67.7 cm³/mol. The van der Waals surface area contributed by atoms with Crippen molar-refractivity contribution >= 4 is 11.4 Å². The third-order valence-corrected chi connectivity index (χ3v) is 2.49. The smallest absolute Gasteiger partial charge is 0.311 e. The molecule has 0 bridgehead atoms. The Morgan fingerprint density at radius 1 is 1.41 bits per heavy atom. The lowest BCUT2D eigenvalue weighted by Crippen LogP contribution is -2.02. The largest absolute Gasteiger partial charge is 0.490 e. The van der Waals surface area contributed by atoms with Crippen molar-refractivity contribution in [1.29, 1.82) is 0 Å². The fraction of sp³-hybridized carbons (Fsp3) is 0.500. The minimum atomic E-state index is -0.445. The first-order valence-electron chi connectivity index (χ1n) is 5.75. The first-order chi connectivity index (χ1) is 8.19. The van der Waals surface area contributed by atoms with Crippen molar-refractivity contribution in [3.05, 3.63) is 28.3 Å². The van der Waals surface area contributed by atoms with Crippen molar-refractivity contribution in [3.63, 3.8) is 0 Å². The van der Waals surface area contributed by atoms with E-state index in [-0.39, 0.29) is 11.4 Å². The SMILES string of the molecule is CCCCCNc1ccc([N+](=O)[O-])c(OC)c1. The van der Waals surface area contributed by atoms with Gasteiger partial charge in [-0.2, -0.15) is 0 Å². The number of anilines is 1. The molecule has 0 saturated heterocycles. The molecule has 0 aliphatic rings. The molecule has 0 spiro atoms. The van der Waals surface area contributed by atoms with Crippen LogP contribution >= 0.6 is 0 Å². The van der Waals surface area contributed by atoms with Gasteiger partial charge in [-0.25, -0.2) is 0 Å². The maximum absolute atomic E-state index is 10.7. The number of rotatable bonds is 7. The van der Waals surface area contributed by atoms with Gasteiger partial charge in [-0.15, -0.1) is 0 Å². The third-order valence-electron chi connectivity index (χ3n) is 2.49. The number of benzene rings is 1. The lowest BCUT2D eigenvalue weighted by atomic mass is 10.2. The van der Waals surface area contributed by atoms with Crippen LogP contribution in [0.4, 0.5) is 11.4 Å². The van der Waals surface area contributed by atoms with Crippen molar-refractivity contribution in [3.8, 4) is 5.75 Å². The van der Waals surface area contributed by atoms with Crippen LogP contribution in [-0.2, 0) is 0 Å². The van der Waals surface area contributed by atoms with Crippen LogP contribution in [0, 0.1) is 10.1 Å². The van der Waals surface area contributed by atoms with E-state index in [1.54, 1.807) is 12.1 Å². The standard InChI is InChI=1S/C12H18N2O3/c1-3-4-5-8-13-10-6-7-11(14(15)16)12(9-10)17-2/h6-7,9,13H,3-5,8H2,1-2H3. The van der Waals surface area contributed by atoms with Crippen LogP contribution in [0.25, 0.3) is 0 Å². The number of nitrogens with zero attached hydrogens (tertiary/aromatic N) is 1. The van der Waals surface area contributed by atoms with Gasteiger partial charge >= 0.3 is 5.69 Å². The van der Waals surface area contributed by atoms with E-state index in [2.05, 4.69) is 12.2 Å². The Morgan fingerprint density at radius 3 is 2.76 bits per heavy atom. The van der Waals surface area contributed by atoms with Crippen LogP contribution in [0.15, 0.2) is 18.2 Å². The summed E-state index contributed by atoms with van der Waals surface area (Å²) in [6, 6.07) is 4.82. The lowest BCUT2D eigenvalue weighted by molar-refractivity contribution is -0.385. The van der Waals surface area contributed by atoms with Gasteiger partial charge in [0.25, 0.3) is 0 Å². The van der Waals surface area contributed by atoms with Crippen LogP contribution in [0.5, 0.6) is 5.75 Å². The van der Waals surface area contributed by atoms with Crippen LogP contribution in [0.1, 0.15) is 26.2 Å². The van der Waals surface area contributed by atoms with E-state index >= 15 is 0 Å². The fourth-order valence-corrected chi connectivity index (χ4v) is 1.55. The highest BCUT2D eigenvalue weighted by atomic mass is 16.6. The normalized spacial score (nSPS) is 10.0. The Bertz CT molecular complexity index is 380. The molecule has 0 saturated carbocycles. The van der Waals surface area contributed by atoms with E-state index in [0.717, 1.165) is 18.7 Å². The average Bonchev–Trinajstić information content (AvgIpc) is 2.34. The zero-order valence-corrected chi connectivity index (χ0v) is 10.2. The quantitative estimate of drug-likeness (QED) is 0.450. The number of nitro benzene ring substituents is 1. The van der Waals surface area contributed by atoms with Crippen LogP contribution in [-0.4, -0.2) is 18.6 Å². The maximum atomic E-state index is 10.7. The molecule has 0 unspecified atom stereocenters. The molecular formula is C12H18N2O3. The van der Waals surface area contributed by atoms with E-state index in [1.807, 2.05) is 0 Å². The number of nitrogens with one attached hydrogen (secondary N) is 1. The molecular weight excluding hydrogens is 220 g/mol. The van der Waals surface area contributed by atoms with Crippen LogP contribution in [0.3, 0.4) is 0 Å². The topological polar surface area (TPSA) is 64.4 Å². The monoisotopic (exact) mass is 238 g/mol. The van der Waals surface area contributed by atoms with E-state index in [9.17, 15) is 10.1 Å². The second-order valence-corrected chi connectivity index (χ2v) is 3.78. The van der Waals surface area contributed by atoms with Gasteiger partial charge in [-0.3, -0.25) is 10.1 Å². The summed E-state index contributed by atoms with van der Waals surface area (Å²) in [6.45, 7) is 3.02. The summed E-state index contributed by atoms with van der Waals surface area (Å²) < 4.78 is 4.99. The lowest BCUT2D eigenvalue weighted by Gasteiger charge is -2.08. The van der Waals surface area contributed by atoms with Crippen molar-refractivity contribution in [2.45, 2.75) is 26.2 Å². The van der Waals surface area contributed by atoms with Crippen molar-refractivity contribution in [2.75, 3.05) is 19.0 Å². The minimum Gasteiger partial charge on any atom is -0.490 e. The molecule has 0 amide bonds. The van der Waals surface area contributed by atoms with Gasteiger partial charge < -0.3 is 10.1 Å². The Labute approximate surface area is 101 Å². The van der Waals surface area contributed by atoms with Gasteiger partial charge in [0.2, 0.25) is 0 Å². The highest BCUT2D eigenvalue weighted by Crippen LogP contribution is 2.29. The molecule has 1 aromatic carbocycles. The molecule has 5 nitrogen and oxygen atoms in total. The molecule has 0 fully saturated rings. The third kappa shape index (κ3) is 3.94. The zero-order chi connectivity index (χ0) is 12.7. The number of methoxy groups -OCH3 is 1.